The average molecular weight is 308 g/mol. The van der Waals surface area contributed by atoms with E-state index in [9.17, 15) is 9.59 Å². The second kappa shape index (κ2) is 8.26. The Balaban J connectivity index is 2.34. The second-order valence-corrected chi connectivity index (χ2v) is 5.75. The van der Waals surface area contributed by atoms with Crippen LogP contribution < -0.4 is 10.6 Å². The minimum atomic E-state index is -0.498. The third kappa shape index (κ3) is 6.47. The van der Waals surface area contributed by atoms with E-state index in [2.05, 4.69) is 10.6 Å². The van der Waals surface area contributed by atoms with Crippen LogP contribution in [-0.4, -0.2) is 37.9 Å². The maximum absolute atomic E-state index is 11.6. The number of benzene rings is 1. The van der Waals surface area contributed by atoms with Crippen LogP contribution in [0.15, 0.2) is 24.3 Å². The molecule has 0 spiro atoms. The summed E-state index contributed by atoms with van der Waals surface area (Å²) in [6, 6.07) is 7.13. The fourth-order valence-electron chi connectivity index (χ4n) is 1.74. The standard InChI is InChI=1S/C16H24N2O4/c1-16(2,3)22-15(20)18-11-7-10-17-13-9-6-5-8-12(13)14(19)21-4/h5-6,8-9,17H,7,10-11H2,1-4H3,(H,18,20). The van der Waals surface area contributed by atoms with Crippen molar-refractivity contribution in [1.82, 2.24) is 5.32 Å². The zero-order valence-corrected chi connectivity index (χ0v) is 13.6. The Bertz CT molecular complexity index is 509. The summed E-state index contributed by atoms with van der Waals surface area (Å²) in [6.07, 6.45) is 0.275. The number of carbonyl (C=O) groups is 2. The van der Waals surface area contributed by atoms with E-state index >= 15 is 0 Å². The minimum absolute atomic E-state index is 0.380. The fraction of sp³-hybridized carbons (Fsp3) is 0.500. The van der Waals surface area contributed by atoms with E-state index in [4.69, 9.17) is 9.47 Å². The van der Waals surface area contributed by atoms with Gasteiger partial charge in [0.15, 0.2) is 0 Å². The lowest BCUT2D eigenvalue weighted by Crippen LogP contribution is -2.33. The quantitative estimate of drug-likeness (QED) is 0.624. The molecular weight excluding hydrogens is 284 g/mol. The lowest BCUT2D eigenvalue weighted by molar-refractivity contribution is 0.0526. The number of ether oxygens (including phenoxy) is 2. The van der Waals surface area contributed by atoms with Crippen molar-refractivity contribution >= 4 is 17.7 Å². The fourth-order valence-corrected chi connectivity index (χ4v) is 1.74. The number of rotatable bonds is 6. The van der Waals surface area contributed by atoms with Gasteiger partial charge in [0, 0.05) is 18.8 Å². The molecule has 0 radical (unpaired) electrons. The largest absolute Gasteiger partial charge is 0.465 e. The van der Waals surface area contributed by atoms with Gasteiger partial charge in [0.05, 0.1) is 12.7 Å². The number of alkyl carbamates (subject to hydrolysis) is 1. The van der Waals surface area contributed by atoms with Crippen LogP contribution >= 0.6 is 0 Å². The molecule has 1 aromatic rings. The number of nitrogens with one attached hydrogen (secondary N) is 2. The zero-order chi connectivity index (χ0) is 16.6. The number of hydrogen-bond donors (Lipinski definition) is 2. The van der Waals surface area contributed by atoms with Crippen molar-refractivity contribution in [3.05, 3.63) is 29.8 Å². The number of anilines is 1. The van der Waals surface area contributed by atoms with Crippen LogP contribution in [0.2, 0.25) is 0 Å². The molecule has 0 aromatic heterocycles. The normalized spacial score (nSPS) is 10.7. The van der Waals surface area contributed by atoms with Crippen molar-refractivity contribution in [3.63, 3.8) is 0 Å². The van der Waals surface area contributed by atoms with Gasteiger partial charge in [-0.15, -0.1) is 0 Å². The molecule has 0 aliphatic heterocycles. The van der Waals surface area contributed by atoms with Gasteiger partial charge in [-0.05, 0) is 39.3 Å². The van der Waals surface area contributed by atoms with Crippen LogP contribution in [0.5, 0.6) is 0 Å². The molecule has 0 aliphatic rings. The average Bonchev–Trinajstić information content (AvgIpc) is 2.44. The summed E-state index contributed by atoms with van der Waals surface area (Å²) in [5.74, 6) is -0.380. The van der Waals surface area contributed by atoms with E-state index in [0.29, 0.717) is 30.8 Å². The number of para-hydroxylation sites is 1. The maximum atomic E-state index is 11.6. The Hall–Kier alpha value is -2.24. The predicted octanol–water partition coefficient (Wildman–Crippen LogP) is 2.80. The van der Waals surface area contributed by atoms with Crippen LogP contribution in [0.25, 0.3) is 0 Å². The Labute approximate surface area is 131 Å². The van der Waals surface area contributed by atoms with E-state index in [1.807, 2.05) is 32.9 Å². The molecule has 1 amide bonds. The summed E-state index contributed by atoms with van der Waals surface area (Å²) >= 11 is 0. The molecule has 0 heterocycles. The van der Waals surface area contributed by atoms with Gasteiger partial charge in [-0.2, -0.15) is 0 Å². The monoisotopic (exact) mass is 308 g/mol. The van der Waals surface area contributed by atoms with Gasteiger partial charge in [0.25, 0.3) is 0 Å². The summed E-state index contributed by atoms with van der Waals surface area (Å²) in [5.41, 5.74) is 0.707. The number of methoxy groups -OCH3 is 1. The van der Waals surface area contributed by atoms with Crippen LogP contribution in [-0.2, 0) is 9.47 Å². The molecule has 0 unspecified atom stereocenters. The second-order valence-electron chi connectivity index (χ2n) is 5.75. The van der Waals surface area contributed by atoms with Crippen molar-refractivity contribution in [2.75, 3.05) is 25.5 Å². The number of esters is 1. The van der Waals surface area contributed by atoms with E-state index < -0.39 is 11.7 Å². The number of amides is 1. The van der Waals surface area contributed by atoms with Crippen LogP contribution in [0.3, 0.4) is 0 Å². The van der Waals surface area contributed by atoms with Gasteiger partial charge >= 0.3 is 12.1 Å². The lowest BCUT2D eigenvalue weighted by Gasteiger charge is -2.19. The Morgan fingerprint density at radius 2 is 1.82 bits per heavy atom. The molecule has 0 atom stereocenters. The molecule has 0 aliphatic carbocycles. The Morgan fingerprint density at radius 1 is 1.14 bits per heavy atom. The lowest BCUT2D eigenvalue weighted by atomic mass is 10.2. The maximum Gasteiger partial charge on any atom is 0.407 e. The van der Waals surface area contributed by atoms with E-state index in [1.54, 1.807) is 12.1 Å². The van der Waals surface area contributed by atoms with E-state index in [0.717, 1.165) is 0 Å². The highest BCUT2D eigenvalue weighted by molar-refractivity contribution is 5.95. The van der Waals surface area contributed by atoms with Crippen molar-refractivity contribution < 1.29 is 19.1 Å². The van der Waals surface area contributed by atoms with Crippen molar-refractivity contribution in [2.45, 2.75) is 32.8 Å². The summed E-state index contributed by atoms with van der Waals surface area (Å²) in [6.45, 7) is 6.56. The van der Waals surface area contributed by atoms with Gasteiger partial charge in [-0.25, -0.2) is 9.59 Å². The number of carbonyl (C=O) groups excluding carboxylic acids is 2. The van der Waals surface area contributed by atoms with Crippen LogP contribution in [0.4, 0.5) is 10.5 Å². The molecular formula is C16H24N2O4. The van der Waals surface area contributed by atoms with Crippen LogP contribution in [0, 0.1) is 0 Å². The smallest absolute Gasteiger partial charge is 0.407 e. The molecule has 0 saturated carbocycles. The summed E-state index contributed by atoms with van der Waals surface area (Å²) in [7, 11) is 1.35. The highest BCUT2D eigenvalue weighted by Gasteiger charge is 2.15. The summed E-state index contributed by atoms with van der Waals surface area (Å²) in [4.78, 5) is 23.1. The molecule has 6 heteroatoms. The highest BCUT2D eigenvalue weighted by Crippen LogP contribution is 2.15. The van der Waals surface area contributed by atoms with Gasteiger partial charge in [0.1, 0.15) is 5.60 Å². The van der Waals surface area contributed by atoms with Crippen molar-refractivity contribution in [3.8, 4) is 0 Å². The summed E-state index contributed by atoms with van der Waals surface area (Å²) in [5, 5.41) is 5.84. The third-order valence-electron chi connectivity index (χ3n) is 2.67. The molecule has 1 rings (SSSR count). The first kappa shape index (κ1) is 17.8. The highest BCUT2D eigenvalue weighted by atomic mass is 16.6. The molecule has 0 fully saturated rings. The molecule has 2 N–H and O–H groups in total. The third-order valence-corrected chi connectivity index (χ3v) is 2.67. The first-order valence-electron chi connectivity index (χ1n) is 7.21. The molecule has 0 bridgehead atoms. The number of hydrogen-bond acceptors (Lipinski definition) is 5. The van der Waals surface area contributed by atoms with Gasteiger partial charge in [0.2, 0.25) is 0 Å². The first-order valence-corrected chi connectivity index (χ1v) is 7.21. The predicted molar refractivity (Wildman–Crippen MR) is 85.1 cm³/mol. The van der Waals surface area contributed by atoms with Crippen molar-refractivity contribution in [2.24, 2.45) is 0 Å². The van der Waals surface area contributed by atoms with Gasteiger partial charge in [-0.1, -0.05) is 12.1 Å². The SMILES string of the molecule is COC(=O)c1ccccc1NCCCNC(=O)OC(C)(C)C. The zero-order valence-electron chi connectivity index (χ0n) is 13.6. The van der Waals surface area contributed by atoms with E-state index in [1.165, 1.54) is 7.11 Å². The molecule has 122 valence electrons. The molecule has 0 saturated heterocycles. The van der Waals surface area contributed by atoms with Crippen molar-refractivity contribution in [1.29, 1.82) is 0 Å². The summed E-state index contributed by atoms with van der Waals surface area (Å²) < 4.78 is 9.87. The molecule has 1 aromatic carbocycles. The van der Waals surface area contributed by atoms with Gasteiger partial charge < -0.3 is 20.1 Å². The first-order chi connectivity index (χ1) is 10.3. The van der Waals surface area contributed by atoms with Crippen LogP contribution in [0.1, 0.15) is 37.6 Å². The molecule has 6 nitrogen and oxygen atoms in total. The van der Waals surface area contributed by atoms with E-state index in [-0.39, 0.29) is 5.97 Å². The molecule has 22 heavy (non-hydrogen) atoms. The topological polar surface area (TPSA) is 76.7 Å². The Kier molecular flexibility index (Phi) is 6.69. The minimum Gasteiger partial charge on any atom is -0.465 e. The Morgan fingerprint density at radius 3 is 2.45 bits per heavy atom. The van der Waals surface area contributed by atoms with Gasteiger partial charge in [-0.3, -0.25) is 0 Å².